The SMILES string of the molecule is C=CC(C)C(Nc1ccc(Br)cc1)c1ccccn1. The predicted molar refractivity (Wildman–Crippen MR) is 84.1 cm³/mol. The fourth-order valence-electron chi connectivity index (χ4n) is 1.90. The Morgan fingerprint density at radius 1 is 1.21 bits per heavy atom. The zero-order chi connectivity index (χ0) is 13.7. The maximum Gasteiger partial charge on any atom is 0.0744 e. The van der Waals surface area contributed by atoms with Gasteiger partial charge in [0.15, 0.2) is 0 Å². The molecule has 1 aromatic carbocycles. The molecule has 0 bridgehead atoms. The first-order valence-corrected chi connectivity index (χ1v) is 7.05. The summed E-state index contributed by atoms with van der Waals surface area (Å²) in [5.74, 6) is 0.290. The lowest BCUT2D eigenvalue weighted by Gasteiger charge is -2.23. The molecular formula is C16H17BrN2. The van der Waals surface area contributed by atoms with Gasteiger partial charge < -0.3 is 5.32 Å². The van der Waals surface area contributed by atoms with Crippen LogP contribution in [0, 0.1) is 5.92 Å². The molecule has 2 rings (SSSR count). The Morgan fingerprint density at radius 2 is 1.95 bits per heavy atom. The summed E-state index contributed by atoms with van der Waals surface area (Å²) in [7, 11) is 0. The Bertz CT molecular complexity index is 522. The van der Waals surface area contributed by atoms with Gasteiger partial charge in [-0.15, -0.1) is 6.58 Å². The maximum absolute atomic E-state index is 4.44. The number of aromatic nitrogens is 1. The van der Waals surface area contributed by atoms with Crippen molar-refractivity contribution in [3.05, 3.63) is 71.5 Å². The highest BCUT2D eigenvalue weighted by Crippen LogP contribution is 2.26. The Balaban J connectivity index is 2.24. The molecule has 2 atom stereocenters. The van der Waals surface area contributed by atoms with E-state index in [1.165, 1.54) is 0 Å². The number of hydrogen-bond acceptors (Lipinski definition) is 2. The molecule has 1 aromatic heterocycles. The Labute approximate surface area is 122 Å². The van der Waals surface area contributed by atoms with Crippen molar-refractivity contribution >= 4 is 21.6 Å². The van der Waals surface area contributed by atoms with Crippen LogP contribution in [-0.2, 0) is 0 Å². The number of nitrogens with zero attached hydrogens (tertiary/aromatic N) is 1. The van der Waals surface area contributed by atoms with E-state index in [1.54, 1.807) is 0 Å². The highest BCUT2D eigenvalue weighted by Gasteiger charge is 2.17. The van der Waals surface area contributed by atoms with Crippen LogP contribution in [-0.4, -0.2) is 4.98 Å². The Kier molecular flexibility index (Phi) is 4.74. The first-order valence-electron chi connectivity index (χ1n) is 6.26. The number of rotatable bonds is 5. The zero-order valence-electron chi connectivity index (χ0n) is 10.9. The van der Waals surface area contributed by atoms with Crippen molar-refractivity contribution in [2.75, 3.05) is 5.32 Å². The molecule has 0 aliphatic heterocycles. The molecule has 0 saturated heterocycles. The summed E-state index contributed by atoms with van der Waals surface area (Å²) in [6.07, 6.45) is 3.77. The third-order valence-corrected chi connectivity index (χ3v) is 3.60. The summed E-state index contributed by atoms with van der Waals surface area (Å²) < 4.78 is 1.07. The van der Waals surface area contributed by atoms with Crippen molar-refractivity contribution in [1.82, 2.24) is 4.98 Å². The van der Waals surface area contributed by atoms with Crippen LogP contribution in [0.5, 0.6) is 0 Å². The van der Waals surface area contributed by atoms with Gasteiger partial charge in [0.1, 0.15) is 0 Å². The van der Waals surface area contributed by atoms with Gasteiger partial charge in [-0.25, -0.2) is 0 Å². The summed E-state index contributed by atoms with van der Waals surface area (Å²) in [6, 6.07) is 14.3. The van der Waals surface area contributed by atoms with Gasteiger partial charge in [-0.05, 0) is 42.3 Å². The second-order valence-electron chi connectivity index (χ2n) is 4.48. The molecule has 0 spiro atoms. The molecule has 0 amide bonds. The standard InChI is InChI=1S/C16H17BrN2/c1-3-12(2)16(15-6-4-5-11-18-15)19-14-9-7-13(17)8-10-14/h3-12,16,19H,1H2,2H3. The van der Waals surface area contributed by atoms with Crippen LogP contribution in [0.15, 0.2) is 65.8 Å². The van der Waals surface area contributed by atoms with Crippen LogP contribution in [0.4, 0.5) is 5.69 Å². The fourth-order valence-corrected chi connectivity index (χ4v) is 2.16. The van der Waals surface area contributed by atoms with Crippen LogP contribution in [0.2, 0.25) is 0 Å². The molecule has 0 fully saturated rings. The number of anilines is 1. The molecule has 2 nitrogen and oxygen atoms in total. The highest BCUT2D eigenvalue weighted by atomic mass is 79.9. The Morgan fingerprint density at radius 3 is 2.53 bits per heavy atom. The molecule has 1 heterocycles. The third-order valence-electron chi connectivity index (χ3n) is 3.07. The van der Waals surface area contributed by atoms with E-state index < -0.39 is 0 Å². The smallest absolute Gasteiger partial charge is 0.0744 e. The van der Waals surface area contributed by atoms with Crippen molar-refractivity contribution in [1.29, 1.82) is 0 Å². The fraction of sp³-hybridized carbons (Fsp3) is 0.188. The van der Waals surface area contributed by atoms with E-state index in [-0.39, 0.29) is 6.04 Å². The van der Waals surface area contributed by atoms with Gasteiger partial charge in [0.2, 0.25) is 0 Å². The van der Waals surface area contributed by atoms with Crippen molar-refractivity contribution < 1.29 is 0 Å². The minimum absolute atomic E-state index is 0.125. The Hall–Kier alpha value is -1.61. The van der Waals surface area contributed by atoms with Crippen molar-refractivity contribution in [2.24, 2.45) is 5.92 Å². The maximum atomic E-state index is 4.44. The largest absolute Gasteiger partial charge is 0.376 e. The van der Waals surface area contributed by atoms with E-state index in [9.17, 15) is 0 Å². The normalized spacial score (nSPS) is 13.6. The topological polar surface area (TPSA) is 24.9 Å². The predicted octanol–water partition coefficient (Wildman–Crippen LogP) is 4.82. The summed E-state index contributed by atoms with van der Waals surface area (Å²) in [6.45, 7) is 6.02. The molecule has 19 heavy (non-hydrogen) atoms. The second-order valence-corrected chi connectivity index (χ2v) is 5.39. The van der Waals surface area contributed by atoms with E-state index in [1.807, 2.05) is 42.6 Å². The third kappa shape index (κ3) is 3.67. The zero-order valence-corrected chi connectivity index (χ0v) is 12.5. The second kappa shape index (κ2) is 6.53. The number of pyridine rings is 1. The molecule has 98 valence electrons. The summed E-state index contributed by atoms with van der Waals surface area (Å²) >= 11 is 3.44. The molecule has 0 saturated carbocycles. The molecule has 2 unspecified atom stereocenters. The highest BCUT2D eigenvalue weighted by molar-refractivity contribution is 9.10. The van der Waals surface area contributed by atoms with Gasteiger partial charge in [0, 0.05) is 16.4 Å². The monoisotopic (exact) mass is 316 g/mol. The molecule has 0 aliphatic carbocycles. The van der Waals surface area contributed by atoms with Crippen LogP contribution in [0.1, 0.15) is 18.7 Å². The van der Waals surface area contributed by atoms with Gasteiger partial charge in [-0.1, -0.05) is 35.0 Å². The summed E-state index contributed by atoms with van der Waals surface area (Å²) in [5, 5.41) is 3.52. The van der Waals surface area contributed by atoms with Crippen LogP contribution in [0.25, 0.3) is 0 Å². The average molecular weight is 317 g/mol. The minimum atomic E-state index is 0.125. The van der Waals surface area contributed by atoms with Gasteiger partial charge in [-0.3, -0.25) is 4.98 Å². The summed E-state index contributed by atoms with van der Waals surface area (Å²) in [5.41, 5.74) is 2.10. The van der Waals surface area contributed by atoms with Gasteiger partial charge >= 0.3 is 0 Å². The average Bonchev–Trinajstić information content (AvgIpc) is 2.47. The van der Waals surface area contributed by atoms with Gasteiger partial charge in [-0.2, -0.15) is 0 Å². The number of hydrogen-bond donors (Lipinski definition) is 1. The molecule has 0 aliphatic rings. The number of halogens is 1. The minimum Gasteiger partial charge on any atom is -0.376 e. The van der Waals surface area contributed by atoms with Crippen molar-refractivity contribution in [3.63, 3.8) is 0 Å². The van der Waals surface area contributed by atoms with Crippen molar-refractivity contribution in [3.8, 4) is 0 Å². The van der Waals surface area contributed by atoms with E-state index >= 15 is 0 Å². The van der Waals surface area contributed by atoms with E-state index in [2.05, 4.69) is 51.9 Å². The lowest BCUT2D eigenvalue weighted by molar-refractivity contribution is 0.590. The lowest BCUT2D eigenvalue weighted by atomic mass is 9.98. The molecule has 1 N–H and O–H groups in total. The quantitative estimate of drug-likeness (QED) is 0.800. The molecular weight excluding hydrogens is 300 g/mol. The van der Waals surface area contributed by atoms with Crippen LogP contribution in [0.3, 0.4) is 0 Å². The van der Waals surface area contributed by atoms with Gasteiger partial charge in [0.25, 0.3) is 0 Å². The van der Waals surface area contributed by atoms with Crippen molar-refractivity contribution in [2.45, 2.75) is 13.0 Å². The van der Waals surface area contributed by atoms with E-state index in [0.717, 1.165) is 15.9 Å². The molecule has 3 heteroatoms. The number of nitrogens with one attached hydrogen (secondary N) is 1. The van der Waals surface area contributed by atoms with Gasteiger partial charge in [0.05, 0.1) is 11.7 Å². The number of benzene rings is 1. The van der Waals surface area contributed by atoms with Crippen LogP contribution >= 0.6 is 15.9 Å². The first-order chi connectivity index (χ1) is 9.20. The van der Waals surface area contributed by atoms with Crippen LogP contribution < -0.4 is 5.32 Å². The molecule has 2 aromatic rings. The summed E-state index contributed by atoms with van der Waals surface area (Å²) in [4.78, 5) is 4.44. The lowest BCUT2D eigenvalue weighted by Crippen LogP contribution is -2.18. The first kappa shape index (κ1) is 13.8. The molecule has 0 radical (unpaired) electrons. The van der Waals surface area contributed by atoms with E-state index in [0.29, 0.717) is 5.92 Å². The van der Waals surface area contributed by atoms with E-state index in [4.69, 9.17) is 0 Å².